The molecule has 8 heteroatoms. The second kappa shape index (κ2) is 10.5. The Hall–Kier alpha value is -3.41. The van der Waals surface area contributed by atoms with E-state index in [0.29, 0.717) is 11.7 Å². The lowest BCUT2D eigenvalue weighted by atomic mass is 10.2. The van der Waals surface area contributed by atoms with Crippen LogP contribution in [-0.4, -0.2) is 9.85 Å². The third-order valence-electron chi connectivity index (χ3n) is 5.44. The zero-order valence-electron chi connectivity index (χ0n) is 17.5. The molecule has 0 aliphatic rings. The summed E-state index contributed by atoms with van der Waals surface area (Å²) in [5.74, 6) is 0. The highest BCUT2D eigenvalue weighted by Gasteiger charge is 2.45. The van der Waals surface area contributed by atoms with Crippen molar-refractivity contribution in [2.45, 2.75) is 6.16 Å². The first kappa shape index (κ1) is 24.2. The van der Waals surface area contributed by atoms with Crippen LogP contribution in [-0.2, 0) is 6.16 Å². The van der Waals surface area contributed by atoms with Crippen molar-refractivity contribution in [3.05, 3.63) is 135 Å². The largest absolute Gasteiger partial charge is 1.00 e. The molecule has 4 aromatic rings. The molecular formula is C25H20BrN2O4P. The molecule has 166 valence electrons. The zero-order chi connectivity index (χ0) is 22.6. The topological polar surface area (TPSA) is 86.3 Å². The van der Waals surface area contributed by atoms with Crippen LogP contribution in [0.25, 0.3) is 0 Å². The molecule has 0 aliphatic carbocycles. The van der Waals surface area contributed by atoms with E-state index in [1.54, 1.807) is 6.07 Å². The third kappa shape index (κ3) is 4.85. The van der Waals surface area contributed by atoms with Crippen LogP contribution in [0.4, 0.5) is 11.4 Å². The van der Waals surface area contributed by atoms with Gasteiger partial charge in [0.1, 0.15) is 23.2 Å². The van der Waals surface area contributed by atoms with Crippen LogP contribution < -0.4 is 32.9 Å². The SMILES string of the molecule is O=[N+]([O-])c1ccc(C[P+](c2ccccc2)(c2ccccc2)c2ccccc2)cc1[N+](=O)[O-].[Br-]. The molecule has 0 heterocycles. The molecular weight excluding hydrogens is 503 g/mol. The fourth-order valence-electron chi connectivity index (χ4n) is 4.01. The monoisotopic (exact) mass is 522 g/mol. The molecule has 0 aromatic heterocycles. The Balaban J connectivity index is 0.00000306. The fraction of sp³-hybridized carbons (Fsp3) is 0.0400. The van der Waals surface area contributed by atoms with Crippen molar-refractivity contribution in [2.75, 3.05) is 0 Å². The van der Waals surface area contributed by atoms with Gasteiger partial charge >= 0.3 is 11.4 Å². The number of nitro benzene ring substituents is 2. The number of nitrogens with zero attached hydrogens (tertiary/aromatic N) is 2. The Morgan fingerprint density at radius 2 is 0.970 bits per heavy atom. The van der Waals surface area contributed by atoms with Crippen LogP contribution in [0.2, 0.25) is 0 Å². The third-order valence-corrected chi connectivity index (χ3v) is 9.82. The van der Waals surface area contributed by atoms with Gasteiger partial charge in [-0.05, 0) is 48.0 Å². The van der Waals surface area contributed by atoms with E-state index in [0.717, 1.165) is 15.9 Å². The first-order valence-electron chi connectivity index (χ1n) is 9.99. The molecule has 0 radical (unpaired) electrons. The van der Waals surface area contributed by atoms with Gasteiger partial charge in [0.25, 0.3) is 0 Å². The molecule has 0 fully saturated rings. The predicted molar refractivity (Wildman–Crippen MR) is 129 cm³/mol. The predicted octanol–water partition coefficient (Wildman–Crippen LogP) is 2.00. The Labute approximate surface area is 202 Å². The van der Waals surface area contributed by atoms with E-state index in [4.69, 9.17) is 0 Å². The molecule has 0 saturated carbocycles. The van der Waals surface area contributed by atoms with Crippen molar-refractivity contribution in [3.63, 3.8) is 0 Å². The molecule has 0 aliphatic heterocycles. The number of benzene rings is 4. The lowest BCUT2D eigenvalue weighted by Gasteiger charge is -2.27. The van der Waals surface area contributed by atoms with Crippen LogP contribution >= 0.6 is 7.26 Å². The van der Waals surface area contributed by atoms with E-state index < -0.39 is 28.5 Å². The first-order valence-corrected chi connectivity index (χ1v) is 12.0. The van der Waals surface area contributed by atoms with E-state index in [9.17, 15) is 20.2 Å². The van der Waals surface area contributed by atoms with Gasteiger partial charge in [-0.25, -0.2) is 0 Å². The maximum absolute atomic E-state index is 11.6. The Bertz CT molecular complexity index is 1160. The first-order chi connectivity index (χ1) is 15.5. The molecule has 0 spiro atoms. The highest BCUT2D eigenvalue weighted by Crippen LogP contribution is 2.58. The summed E-state index contributed by atoms with van der Waals surface area (Å²) in [6.45, 7) is 0. The van der Waals surface area contributed by atoms with Gasteiger partial charge in [0, 0.05) is 12.1 Å². The van der Waals surface area contributed by atoms with Crippen molar-refractivity contribution in [1.82, 2.24) is 0 Å². The standard InChI is InChI=1S/C25H20N2O4P.BrH/c28-26(29)24-17-16-20(18-25(24)27(30)31)19-32(21-10-4-1-5-11-21,22-12-6-2-7-13-22)23-14-8-3-9-15-23;/h1-18H,19H2;1H/q+1;/p-1. The minimum absolute atomic E-state index is 0. The average molecular weight is 523 g/mol. The second-order valence-electron chi connectivity index (χ2n) is 7.31. The van der Waals surface area contributed by atoms with Gasteiger partial charge in [-0.3, -0.25) is 20.2 Å². The van der Waals surface area contributed by atoms with Gasteiger partial charge in [-0.2, -0.15) is 0 Å². The van der Waals surface area contributed by atoms with Gasteiger partial charge in [-0.15, -0.1) is 0 Å². The lowest BCUT2D eigenvalue weighted by molar-refractivity contribution is -0.422. The van der Waals surface area contributed by atoms with E-state index >= 15 is 0 Å². The summed E-state index contributed by atoms with van der Waals surface area (Å²) in [6, 6.07) is 34.6. The van der Waals surface area contributed by atoms with E-state index in [2.05, 4.69) is 36.4 Å². The zero-order valence-corrected chi connectivity index (χ0v) is 19.9. The highest BCUT2D eigenvalue weighted by atomic mass is 79.9. The van der Waals surface area contributed by atoms with Crippen LogP contribution in [0.15, 0.2) is 109 Å². The summed E-state index contributed by atoms with van der Waals surface area (Å²) in [5, 5.41) is 26.3. The van der Waals surface area contributed by atoms with Crippen LogP contribution in [0, 0.1) is 20.2 Å². The van der Waals surface area contributed by atoms with Crippen molar-refractivity contribution < 1.29 is 26.8 Å². The van der Waals surface area contributed by atoms with Crippen LogP contribution in [0.3, 0.4) is 0 Å². The Kier molecular flexibility index (Phi) is 7.69. The van der Waals surface area contributed by atoms with Crippen molar-refractivity contribution >= 4 is 34.6 Å². The van der Waals surface area contributed by atoms with Gasteiger partial charge < -0.3 is 17.0 Å². The minimum Gasteiger partial charge on any atom is -1.00 e. The van der Waals surface area contributed by atoms with E-state index in [1.165, 1.54) is 12.1 Å². The highest BCUT2D eigenvalue weighted by molar-refractivity contribution is 7.95. The lowest BCUT2D eigenvalue weighted by Crippen LogP contribution is -3.00. The summed E-state index contributed by atoms with van der Waals surface area (Å²) >= 11 is 0. The molecule has 0 bridgehead atoms. The van der Waals surface area contributed by atoms with E-state index in [-0.39, 0.29) is 17.0 Å². The van der Waals surface area contributed by atoms with Crippen molar-refractivity contribution in [2.24, 2.45) is 0 Å². The Morgan fingerprint density at radius 1 is 0.576 bits per heavy atom. The van der Waals surface area contributed by atoms with Crippen LogP contribution in [0.1, 0.15) is 5.56 Å². The molecule has 0 atom stereocenters. The van der Waals surface area contributed by atoms with Gasteiger partial charge in [0.2, 0.25) is 0 Å². The molecule has 0 saturated heterocycles. The Morgan fingerprint density at radius 3 is 1.33 bits per heavy atom. The second-order valence-corrected chi connectivity index (χ2v) is 10.8. The average Bonchev–Trinajstić information content (AvgIpc) is 2.84. The van der Waals surface area contributed by atoms with Gasteiger partial charge in [0.15, 0.2) is 0 Å². The number of hydrogen-bond acceptors (Lipinski definition) is 4. The quantitative estimate of drug-likeness (QED) is 0.211. The molecule has 0 N–H and O–H groups in total. The molecule has 0 amide bonds. The summed E-state index contributed by atoms with van der Waals surface area (Å²) in [4.78, 5) is 21.5. The molecule has 33 heavy (non-hydrogen) atoms. The van der Waals surface area contributed by atoms with Crippen molar-refractivity contribution in [1.29, 1.82) is 0 Å². The number of nitro groups is 2. The number of hydrogen-bond donors (Lipinski definition) is 0. The van der Waals surface area contributed by atoms with E-state index in [1.807, 2.05) is 54.6 Å². The molecule has 0 unspecified atom stereocenters. The number of rotatable bonds is 7. The summed E-state index contributed by atoms with van der Waals surface area (Å²) in [7, 11) is -2.26. The summed E-state index contributed by atoms with van der Waals surface area (Å²) < 4.78 is 0. The van der Waals surface area contributed by atoms with Gasteiger partial charge in [0.05, 0.1) is 16.0 Å². The summed E-state index contributed by atoms with van der Waals surface area (Å²) in [6.07, 6.45) is 0.504. The maximum Gasteiger partial charge on any atom is 0.346 e. The molecule has 4 rings (SSSR count). The summed E-state index contributed by atoms with van der Waals surface area (Å²) in [5.41, 5.74) is -0.297. The molecule has 6 nitrogen and oxygen atoms in total. The van der Waals surface area contributed by atoms with Gasteiger partial charge in [-0.1, -0.05) is 54.6 Å². The minimum atomic E-state index is -2.26. The maximum atomic E-state index is 11.6. The molecule has 4 aromatic carbocycles. The van der Waals surface area contributed by atoms with Crippen LogP contribution in [0.5, 0.6) is 0 Å². The fourth-order valence-corrected chi connectivity index (χ4v) is 8.24. The number of halogens is 1. The van der Waals surface area contributed by atoms with Crippen molar-refractivity contribution in [3.8, 4) is 0 Å². The smallest absolute Gasteiger partial charge is 0.346 e. The normalized spacial score (nSPS) is 10.8.